The van der Waals surface area contributed by atoms with Crippen LogP contribution < -0.4 is 5.73 Å². The van der Waals surface area contributed by atoms with Crippen molar-refractivity contribution in [3.05, 3.63) is 34.9 Å². The van der Waals surface area contributed by atoms with E-state index >= 15 is 0 Å². The molecule has 1 aliphatic rings. The van der Waals surface area contributed by atoms with Gasteiger partial charge in [-0.15, -0.1) is 0 Å². The Kier molecular flexibility index (Phi) is 3.85. The lowest BCUT2D eigenvalue weighted by atomic mass is 9.91. The Morgan fingerprint density at radius 1 is 1.35 bits per heavy atom. The molecule has 0 saturated heterocycles. The van der Waals surface area contributed by atoms with Gasteiger partial charge in [-0.25, -0.2) is 0 Å². The van der Waals surface area contributed by atoms with Crippen LogP contribution >= 0.6 is 0 Å². The van der Waals surface area contributed by atoms with Crippen LogP contribution in [0.4, 0.5) is 0 Å². The van der Waals surface area contributed by atoms with Crippen LogP contribution in [0, 0.1) is 13.8 Å². The zero-order valence-electron chi connectivity index (χ0n) is 11.2. The molecule has 2 N–H and O–H groups in total. The number of aryl methyl sites for hydroxylation is 2. The Labute approximate surface area is 105 Å². The first-order chi connectivity index (χ1) is 8.08. The fourth-order valence-corrected chi connectivity index (χ4v) is 2.54. The maximum Gasteiger partial charge on any atom is 0.0426 e. The molecule has 0 aliphatic heterocycles. The second kappa shape index (κ2) is 5.19. The first kappa shape index (κ1) is 12.6. The van der Waals surface area contributed by atoms with Crippen LogP contribution in [-0.2, 0) is 0 Å². The molecule has 1 unspecified atom stereocenters. The molecule has 0 heterocycles. The van der Waals surface area contributed by atoms with Crippen LogP contribution in [0.25, 0.3) is 0 Å². The molecule has 1 aliphatic carbocycles. The average Bonchev–Trinajstić information content (AvgIpc) is 2.18. The van der Waals surface area contributed by atoms with Crippen LogP contribution in [-0.4, -0.2) is 24.5 Å². The summed E-state index contributed by atoms with van der Waals surface area (Å²) in [4.78, 5) is 2.43. The van der Waals surface area contributed by atoms with Crippen molar-refractivity contribution in [1.82, 2.24) is 4.90 Å². The largest absolute Gasteiger partial charge is 0.323 e. The molecular formula is C15H24N2. The molecule has 2 heteroatoms. The van der Waals surface area contributed by atoms with Gasteiger partial charge in [-0.3, -0.25) is 0 Å². The van der Waals surface area contributed by atoms with Gasteiger partial charge in [-0.1, -0.05) is 30.2 Å². The van der Waals surface area contributed by atoms with Crippen LogP contribution in [0.5, 0.6) is 0 Å². The quantitative estimate of drug-likeness (QED) is 0.865. The van der Waals surface area contributed by atoms with E-state index in [4.69, 9.17) is 5.73 Å². The third-order valence-electron chi connectivity index (χ3n) is 4.02. The average molecular weight is 232 g/mol. The Bertz CT molecular complexity index is 383. The molecule has 1 aromatic carbocycles. The minimum atomic E-state index is 0.139. The van der Waals surface area contributed by atoms with Gasteiger partial charge in [0.1, 0.15) is 0 Å². The van der Waals surface area contributed by atoms with E-state index in [1.54, 1.807) is 0 Å². The highest BCUT2D eigenvalue weighted by molar-refractivity contribution is 5.33. The first-order valence-electron chi connectivity index (χ1n) is 6.61. The Hall–Kier alpha value is -0.860. The number of likely N-dealkylation sites (N-methyl/N-ethyl adjacent to an activating group) is 1. The topological polar surface area (TPSA) is 29.3 Å². The number of hydrogen-bond acceptors (Lipinski definition) is 2. The minimum Gasteiger partial charge on any atom is -0.323 e. The summed E-state index contributed by atoms with van der Waals surface area (Å²) in [6, 6.07) is 7.47. The lowest BCUT2D eigenvalue weighted by molar-refractivity contribution is 0.151. The van der Waals surface area contributed by atoms with E-state index in [9.17, 15) is 0 Å². The highest BCUT2D eigenvalue weighted by Crippen LogP contribution is 2.26. The predicted octanol–water partition coefficient (Wildman–Crippen LogP) is 2.79. The first-order valence-corrected chi connectivity index (χ1v) is 6.61. The summed E-state index contributed by atoms with van der Waals surface area (Å²) in [6.07, 6.45) is 4.07. The van der Waals surface area contributed by atoms with Gasteiger partial charge < -0.3 is 10.6 Å². The number of rotatable bonds is 4. The zero-order chi connectivity index (χ0) is 12.4. The maximum atomic E-state index is 6.34. The van der Waals surface area contributed by atoms with Crippen molar-refractivity contribution in [1.29, 1.82) is 0 Å². The van der Waals surface area contributed by atoms with E-state index < -0.39 is 0 Å². The molecule has 0 spiro atoms. The van der Waals surface area contributed by atoms with Crippen LogP contribution in [0.1, 0.15) is 42.0 Å². The Morgan fingerprint density at radius 3 is 2.65 bits per heavy atom. The van der Waals surface area contributed by atoms with Gasteiger partial charge in [0.25, 0.3) is 0 Å². The van der Waals surface area contributed by atoms with E-state index in [2.05, 4.69) is 44.0 Å². The molecule has 1 fully saturated rings. The van der Waals surface area contributed by atoms with Gasteiger partial charge in [-0.05, 0) is 44.9 Å². The molecule has 94 valence electrons. The van der Waals surface area contributed by atoms with Crippen molar-refractivity contribution < 1.29 is 0 Å². The van der Waals surface area contributed by atoms with E-state index in [-0.39, 0.29) is 6.04 Å². The molecule has 17 heavy (non-hydrogen) atoms. The molecule has 2 rings (SSSR count). The van der Waals surface area contributed by atoms with E-state index in [1.807, 2.05) is 0 Å². The van der Waals surface area contributed by atoms with Crippen LogP contribution in [0.2, 0.25) is 0 Å². The van der Waals surface area contributed by atoms with Gasteiger partial charge >= 0.3 is 0 Å². The monoisotopic (exact) mass is 232 g/mol. The number of nitrogens with two attached hydrogens (primary N) is 1. The van der Waals surface area contributed by atoms with Crippen molar-refractivity contribution in [3.63, 3.8) is 0 Å². The molecule has 0 radical (unpaired) electrons. The summed E-state index contributed by atoms with van der Waals surface area (Å²) in [7, 11) is 2.20. The summed E-state index contributed by atoms with van der Waals surface area (Å²) >= 11 is 0. The fraction of sp³-hybridized carbons (Fsp3) is 0.600. The van der Waals surface area contributed by atoms with Crippen molar-refractivity contribution >= 4 is 0 Å². The highest BCUT2D eigenvalue weighted by atomic mass is 15.1. The number of nitrogens with zero attached hydrogens (tertiary/aromatic N) is 1. The SMILES string of the molecule is Cc1ccc(C)c(C(N)CN(C)C2CCC2)c1. The zero-order valence-corrected chi connectivity index (χ0v) is 11.2. The van der Waals surface area contributed by atoms with Gasteiger partial charge in [-0.2, -0.15) is 0 Å². The fourth-order valence-electron chi connectivity index (χ4n) is 2.54. The smallest absolute Gasteiger partial charge is 0.0426 e. The third kappa shape index (κ3) is 2.88. The Morgan fingerprint density at radius 2 is 2.06 bits per heavy atom. The highest BCUT2D eigenvalue weighted by Gasteiger charge is 2.23. The normalized spacial score (nSPS) is 18.2. The third-order valence-corrected chi connectivity index (χ3v) is 4.02. The molecule has 0 bridgehead atoms. The maximum absolute atomic E-state index is 6.34. The van der Waals surface area contributed by atoms with Crippen molar-refractivity contribution in [2.75, 3.05) is 13.6 Å². The molecule has 0 aromatic heterocycles. The van der Waals surface area contributed by atoms with Crippen molar-refractivity contribution in [2.45, 2.75) is 45.2 Å². The standard InChI is InChI=1S/C15H24N2/c1-11-7-8-12(2)14(9-11)15(16)10-17(3)13-5-4-6-13/h7-9,13,15H,4-6,10,16H2,1-3H3. The van der Waals surface area contributed by atoms with Crippen molar-refractivity contribution in [3.8, 4) is 0 Å². The molecule has 1 aromatic rings. The molecule has 1 saturated carbocycles. The van der Waals surface area contributed by atoms with Gasteiger partial charge in [0, 0.05) is 18.6 Å². The van der Waals surface area contributed by atoms with E-state index in [1.165, 1.54) is 36.0 Å². The molecule has 1 atom stereocenters. The predicted molar refractivity (Wildman–Crippen MR) is 73.1 cm³/mol. The van der Waals surface area contributed by atoms with Crippen LogP contribution in [0.15, 0.2) is 18.2 Å². The molecule has 0 amide bonds. The lowest BCUT2D eigenvalue weighted by Crippen LogP contribution is -2.41. The van der Waals surface area contributed by atoms with E-state index in [0.29, 0.717) is 0 Å². The minimum absolute atomic E-state index is 0.139. The van der Waals surface area contributed by atoms with Crippen molar-refractivity contribution in [2.24, 2.45) is 5.73 Å². The summed E-state index contributed by atoms with van der Waals surface area (Å²) in [5.74, 6) is 0. The second-order valence-electron chi connectivity index (χ2n) is 5.49. The summed E-state index contributed by atoms with van der Waals surface area (Å²) < 4.78 is 0. The summed E-state index contributed by atoms with van der Waals surface area (Å²) in [6.45, 7) is 5.25. The van der Waals surface area contributed by atoms with Crippen LogP contribution in [0.3, 0.4) is 0 Å². The van der Waals surface area contributed by atoms with Gasteiger partial charge in [0.05, 0.1) is 0 Å². The second-order valence-corrected chi connectivity index (χ2v) is 5.49. The number of hydrogen-bond donors (Lipinski definition) is 1. The molecule has 2 nitrogen and oxygen atoms in total. The van der Waals surface area contributed by atoms with Gasteiger partial charge in [0.15, 0.2) is 0 Å². The van der Waals surface area contributed by atoms with Gasteiger partial charge in [0.2, 0.25) is 0 Å². The summed E-state index contributed by atoms with van der Waals surface area (Å²) in [5.41, 5.74) is 10.3. The number of benzene rings is 1. The van der Waals surface area contributed by atoms with E-state index in [0.717, 1.165) is 12.6 Å². The molecular weight excluding hydrogens is 208 g/mol. The lowest BCUT2D eigenvalue weighted by Gasteiger charge is -2.36. The Balaban J connectivity index is 2.02. The summed E-state index contributed by atoms with van der Waals surface area (Å²) in [5, 5.41) is 0.